The molecule has 1 aromatic carbocycles. The average Bonchev–Trinajstić information content (AvgIpc) is 2.71. The summed E-state index contributed by atoms with van der Waals surface area (Å²) >= 11 is 0. The van der Waals surface area contributed by atoms with Gasteiger partial charge in [0.15, 0.2) is 0 Å². The molecule has 2 saturated heterocycles. The molecule has 2 bridgehead atoms. The summed E-state index contributed by atoms with van der Waals surface area (Å²) in [5, 5.41) is 16.5. The van der Waals surface area contributed by atoms with Gasteiger partial charge in [-0.25, -0.2) is 4.98 Å². The predicted octanol–water partition coefficient (Wildman–Crippen LogP) is 2.86. The molecule has 2 aliphatic rings. The number of non-ortho nitro benzene ring substituents is 1. The molecule has 0 saturated carbocycles. The van der Waals surface area contributed by atoms with Gasteiger partial charge < -0.3 is 10.2 Å². The molecule has 2 fully saturated rings. The Morgan fingerprint density at radius 1 is 1.17 bits per heavy atom. The monoisotopic (exact) mass is 312 g/mol. The van der Waals surface area contributed by atoms with Crippen LogP contribution in [0.4, 0.5) is 11.5 Å². The molecule has 23 heavy (non-hydrogen) atoms. The first-order valence-electron chi connectivity index (χ1n) is 8.24. The predicted molar refractivity (Wildman–Crippen MR) is 89.8 cm³/mol. The van der Waals surface area contributed by atoms with E-state index >= 15 is 0 Å². The van der Waals surface area contributed by atoms with E-state index in [0.29, 0.717) is 12.1 Å². The van der Waals surface area contributed by atoms with Crippen LogP contribution >= 0.6 is 0 Å². The summed E-state index contributed by atoms with van der Waals surface area (Å²) in [5.41, 5.74) is 0.128. The van der Waals surface area contributed by atoms with Gasteiger partial charge in [0.05, 0.1) is 4.92 Å². The minimum Gasteiger partial charge on any atom is -0.355 e. The van der Waals surface area contributed by atoms with Crippen LogP contribution in [0.15, 0.2) is 30.5 Å². The Hall–Kier alpha value is -2.21. The van der Waals surface area contributed by atoms with E-state index in [1.807, 2.05) is 12.3 Å². The molecular weight excluding hydrogens is 292 g/mol. The lowest BCUT2D eigenvalue weighted by molar-refractivity contribution is -0.384. The zero-order valence-electron chi connectivity index (χ0n) is 12.9. The van der Waals surface area contributed by atoms with Crippen LogP contribution in [-0.4, -0.2) is 35.1 Å². The van der Waals surface area contributed by atoms with Crippen LogP contribution < -0.4 is 10.2 Å². The van der Waals surface area contributed by atoms with Crippen LogP contribution in [0.2, 0.25) is 0 Å². The van der Waals surface area contributed by atoms with E-state index in [1.54, 1.807) is 12.1 Å². The smallest absolute Gasteiger partial charge is 0.270 e. The van der Waals surface area contributed by atoms with E-state index in [9.17, 15) is 10.1 Å². The third-order valence-corrected chi connectivity index (χ3v) is 4.99. The molecular formula is C17H20N4O2. The summed E-state index contributed by atoms with van der Waals surface area (Å²) in [5.74, 6) is 0.923. The van der Waals surface area contributed by atoms with Gasteiger partial charge in [0.2, 0.25) is 0 Å². The van der Waals surface area contributed by atoms with Crippen LogP contribution in [0.25, 0.3) is 10.8 Å². The summed E-state index contributed by atoms with van der Waals surface area (Å²) in [6.45, 7) is 1.95. The molecule has 6 nitrogen and oxygen atoms in total. The van der Waals surface area contributed by atoms with E-state index in [2.05, 4.69) is 15.2 Å². The molecule has 1 aromatic heterocycles. The van der Waals surface area contributed by atoms with Crippen molar-refractivity contribution in [1.29, 1.82) is 0 Å². The minimum atomic E-state index is -0.349. The third-order valence-electron chi connectivity index (χ3n) is 4.99. The molecule has 1 N–H and O–H groups in total. The molecule has 2 atom stereocenters. The topological polar surface area (TPSA) is 71.3 Å². The molecule has 2 aliphatic heterocycles. The van der Waals surface area contributed by atoms with Crippen molar-refractivity contribution in [2.75, 3.05) is 18.0 Å². The Balaban J connectivity index is 1.66. The molecule has 0 spiro atoms. The largest absolute Gasteiger partial charge is 0.355 e. The number of fused-ring (bicyclic) bond motifs is 3. The van der Waals surface area contributed by atoms with Gasteiger partial charge in [0.25, 0.3) is 5.69 Å². The van der Waals surface area contributed by atoms with Gasteiger partial charge in [-0.15, -0.1) is 0 Å². The lowest BCUT2D eigenvalue weighted by Crippen LogP contribution is -2.44. The van der Waals surface area contributed by atoms with Crippen LogP contribution in [0, 0.1) is 10.1 Å². The maximum Gasteiger partial charge on any atom is 0.270 e. The fraction of sp³-hybridized carbons (Fsp3) is 0.471. The molecule has 3 heterocycles. The van der Waals surface area contributed by atoms with E-state index in [1.165, 1.54) is 25.3 Å². The lowest BCUT2D eigenvalue weighted by atomic mass is 9.98. The average molecular weight is 312 g/mol. The number of aromatic nitrogens is 1. The number of rotatable bonds is 2. The second kappa shape index (κ2) is 5.77. The second-order valence-electron chi connectivity index (χ2n) is 6.56. The van der Waals surface area contributed by atoms with Crippen LogP contribution in [0.5, 0.6) is 0 Å². The number of nitrogens with one attached hydrogen (secondary N) is 1. The van der Waals surface area contributed by atoms with E-state index in [4.69, 9.17) is 0 Å². The van der Waals surface area contributed by atoms with Crippen molar-refractivity contribution in [2.45, 2.75) is 37.8 Å². The van der Waals surface area contributed by atoms with Crippen molar-refractivity contribution in [2.24, 2.45) is 0 Å². The van der Waals surface area contributed by atoms with Crippen molar-refractivity contribution in [1.82, 2.24) is 10.3 Å². The van der Waals surface area contributed by atoms with Crippen molar-refractivity contribution in [3.05, 3.63) is 40.6 Å². The molecule has 2 aromatic rings. The molecule has 120 valence electrons. The summed E-state index contributed by atoms with van der Waals surface area (Å²) in [7, 11) is 0. The number of hydrogen-bond donors (Lipinski definition) is 1. The molecule has 6 heteroatoms. The number of anilines is 1. The highest BCUT2D eigenvalue weighted by Crippen LogP contribution is 2.27. The van der Waals surface area contributed by atoms with Gasteiger partial charge in [-0.3, -0.25) is 10.1 Å². The Morgan fingerprint density at radius 3 is 2.91 bits per heavy atom. The van der Waals surface area contributed by atoms with E-state index in [-0.39, 0.29) is 10.6 Å². The van der Waals surface area contributed by atoms with Crippen LogP contribution in [0.3, 0.4) is 0 Å². The van der Waals surface area contributed by atoms with Gasteiger partial charge in [-0.2, -0.15) is 0 Å². The van der Waals surface area contributed by atoms with Crippen LogP contribution in [-0.2, 0) is 0 Å². The highest BCUT2D eigenvalue weighted by molar-refractivity contribution is 5.86. The second-order valence-corrected chi connectivity index (χ2v) is 6.56. The number of benzene rings is 1. The van der Waals surface area contributed by atoms with Gasteiger partial charge in [0.1, 0.15) is 5.82 Å². The quantitative estimate of drug-likeness (QED) is 0.682. The standard InChI is InChI=1S/C17H20N4O2/c22-21(23)16-5-4-12-10-18-17(9-13(12)8-16)20-7-6-14-2-1-3-15(11-20)19-14/h4-5,8-10,14-15,19H,1-3,6-7,11H2. The summed E-state index contributed by atoms with van der Waals surface area (Å²) in [4.78, 5) is 17.5. The number of nitrogens with zero attached hydrogens (tertiary/aromatic N) is 3. The lowest BCUT2D eigenvalue weighted by Gasteiger charge is -2.29. The minimum absolute atomic E-state index is 0.128. The first-order valence-corrected chi connectivity index (χ1v) is 8.24. The zero-order valence-corrected chi connectivity index (χ0v) is 12.9. The van der Waals surface area contributed by atoms with Crippen molar-refractivity contribution >= 4 is 22.3 Å². The number of pyridine rings is 1. The Labute approximate surface area is 134 Å². The summed E-state index contributed by atoms with van der Waals surface area (Å²) in [6.07, 6.45) is 6.73. The molecule has 0 radical (unpaired) electrons. The fourth-order valence-corrected chi connectivity index (χ4v) is 3.76. The van der Waals surface area contributed by atoms with Gasteiger partial charge in [0, 0.05) is 48.9 Å². The number of nitro benzene ring substituents is 1. The fourth-order valence-electron chi connectivity index (χ4n) is 3.76. The van der Waals surface area contributed by atoms with E-state index in [0.717, 1.165) is 36.1 Å². The van der Waals surface area contributed by atoms with Crippen LogP contribution in [0.1, 0.15) is 25.7 Å². The van der Waals surface area contributed by atoms with Crippen molar-refractivity contribution in [3.63, 3.8) is 0 Å². The molecule has 0 aliphatic carbocycles. The molecule has 4 rings (SSSR count). The zero-order chi connectivity index (χ0) is 15.8. The van der Waals surface area contributed by atoms with Gasteiger partial charge in [-0.05, 0) is 36.8 Å². The highest BCUT2D eigenvalue weighted by atomic mass is 16.6. The molecule has 0 amide bonds. The maximum atomic E-state index is 11.0. The maximum absolute atomic E-state index is 11.0. The Morgan fingerprint density at radius 2 is 2.04 bits per heavy atom. The number of hydrogen-bond acceptors (Lipinski definition) is 5. The Bertz CT molecular complexity index is 748. The first-order chi connectivity index (χ1) is 11.2. The third kappa shape index (κ3) is 2.86. The SMILES string of the molecule is O=[N+]([O-])c1ccc2cnc(N3CCC4CCCC(C3)N4)cc2c1. The summed E-state index contributed by atoms with van der Waals surface area (Å²) in [6, 6.07) is 8.07. The van der Waals surface area contributed by atoms with Gasteiger partial charge in [-0.1, -0.05) is 6.42 Å². The first kappa shape index (κ1) is 14.4. The highest BCUT2D eigenvalue weighted by Gasteiger charge is 2.27. The van der Waals surface area contributed by atoms with Gasteiger partial charge >= 0.3 is 0 Å². The Kier molecular flexibility index (Phi) is 3.61. The molecule has 2 unspecified atom stereocenters. The van der Waals surface area contributed by atoms with Crippen molar-refractivity contribution in [3.8, 4) is 0 Å². The summed E-state index contributed by atoms with van der Waals surface area (Å²) < 4.78 is 0. The van der Waals surface area contributed by atoms with Crippen molar-refractivity contribution < 1.29 is 4.92 Å². The number of piperidine rings is 1. The normalized spacial score (nSPS) is 24.4. The van der Waals surface area contributed by atoms with E-state index < -0.39 is 0 Å². The number of nitro groups is 1.